The largest absolute Gasteiger partial charge is 0.484 e. The van der Waals surface area contributed by atoms with E-state index in [1.165, 1.54) is 0 Å². The number of imide groups is 1. The van der Waals surface area contributed by atoms with Crippen molar-refractivity contribution in [3.8, 4) is 5.75 Å². The van der Waals surface area contributed by atoms with Gasteiger partial charge in [-0.1, -0.05) is 12.1 Å². The molecule has 0 bridgehead atoms. The van der Waals surface area contributed by atoms with E-state index in [9.17, 15) is 19.2 Å². The molecule has 0 aliphatic carbocycles. The van der Waals surface area contributed by atoms with Gasteiger partial charge in [-0.3, -0.25) is 24.1 Å². The maximum Gasteiger partial charge on any atom is 0.294 e. The predicted molar refractivity (Wildman–Crippen MR) is 165 cm³/mol. The van der Waals surface area contributed by atoms with Gasteiger partial charge in [0.15, 0.2) is 6.61 Å². The van der Waals surface area contributed by atoms with Crippen molar-refractivity contribution in [2.45, 2.75) is 13.8 Å². The van der Waals surface area contributed by atoms with E-state index in [2.05, 4.69) is 49.2 Å². The zero-order valence-corrected chi connectivity index (χ0v) is 25.5. The van der Waals surface area contributed by atoms with Crippen LogP contribution in [0.15, 0.2) is 70.0 Å². The average Bonchev–Trinajstić information content (AvgIpc) is 3.15. The first-order valence-electron chi connectivity index (χ1n) is 11.7. The van der Waals surface area contributed by atoms with Crippen LogP contribution in [0.1, 0.15) is 16.7 Å². The average molecular weight is 720 g/mol. The first-order valence-corrected chi connectivity index (χ1v) is 14.4. The first kappa shape index (κ1) is 28.8. The molecule has 8 nitrogen and oxygen atoms in total. The van der Waals surface area contributed by atoms with Crippen LogP contribution in [0.5, 0.6) is 5.75 Å². The van der Waals surface area contributed by atoms with Gasteiger partial charge in [-0.25, -0.2) is 0 Å². The van der Waals surface area contributed by atoms with Crippen LogP contribution in [0.4, 0.5) is 16.2 Å². The number of nitrogens with one attached hydrogen (secondary N) is 2. The maximum absolute atomic E-state index is 12.8. The van der Waals surface area contributed by atoms with Gasteiger partial charge in [0.1, 0.15) is 12.3 Å². The molecule has 0 spiro atoms. The summed E-state index contributed by atoms with van der Waals surface area (Å²) in [4.78, 5) is 51.0. The number of rotatable bonds is 8. The van der Waals surface area contributed by atoms with Crippen LogP contribution in [-0.2, 0) is 14.4 Å². The monoisotopic (exact) mass is 719 g/mol. The molecule has 39 heavy (non-hydrogen) atoms. The molecule has 1 heterocycles. The highest BCUT2D eigenvalue weighted by molar-refractivity contribution is 14.1. The molecule has 4 rings (SSSR count). The summed E-state index contributed by atoms with van der Waals surface area (Å²) in [5.74, 6) is -0.822. The number of carbonyl (C=O) groups excluding carboxylic acids is 4. The number of anilines is 2. The normalized spacial score (nSPS) is 14.1. The fourth-order valence-corrected chi connectivity index (χ4v) is 5.29. The third-order valence-electron chi connectivity index (χ3n) is 5.71. The van der Waals surface area contributed by atoms with E-state index in [0.717, 1.165) is 35.8 Å². The van der Waals surface area contributed by atoms with Gasteiger partial charge in [0, 0.05) is 13.7 Å². The topological polar surface area (TPSA) is 105 Å². The highest BCUT2D eigenvalue weighted by Gasteiger charge is 2.36. The van der Waals surface area contributed by atoms with Crippen LogP contribution in [0.3, 0.4) is 0 Å². The van der Waals surface area contributed by atoms with Crippen LogP contribution >= 0.6 is 50.3 Å². The fraction of sp³-hybridized carbons (Fsp3) is 0.143. The van der Waals surface area contributed by atoms with Crippen molar-refractivity contribution in [1.82, 2.24) is 4.90 Å². The zero-order chi connectivity index (χ0) is 28.1. The highest BCUT2D eigenvalue weighted by atomic mass is 127. The molecule has 0 unspecified atom stereocenters. The number of hydrogen-bond donors (Lipinski definition) is 2. The number of carbonyl (C=O) groups is 4. The second-order valence-corrected chi connectivity index (χ2v) is 11.7. The molecule has 2 N–H and O–H groups in total. The Morgan fingerprint density at radius 3 is 2.33 bits per heavy atom. The summed E-state index contributed by atoms with van der Waals surface area (Å²) < 4.78 is 7.40. The summed E-state index contributed by atoms with van der Waals surface area (Å²) in [6.45, 7) is 3.41. The van der Waals surface area contributed by atoms with Gasteiger partial charge >= 0.3 is 0 Å². The van der Waals surface area contributed by atoms with E-state index in [1.54, 1.807) is 42.5 Å². The van der Waals surface area contributed by atoms with Gasteiger partial charge in [-0.2, -0.15) is 0 Å². The molecule has 1 fully saturated rings. The fourth-order valence-electron chi connectivity index (χ4n) is 3.54. The van der Waals surface area contributed by atoms with Crippen LogP contribution in [0.2, 0.25) is 0 Å². The maximum atomic E-state index is 12.8. The predicted octanol–water partition coefficient (Wildman–Crippen LogP) is 6.36. The smallest absolute Gasteiger partial charge is 0.294 e. The van der Waals surface area contributed by atoms with Crippen LogP contribution < -0.4 is 15.4 Å². The Bertz CT molecular complexity index is 1480. The lowest BCUT2D eigenvalue weighted by Gasteiger charge is -2.12. The summed E-state index contributed by atoms with van der Waals surface area (Å²) in [5, 5.41) is 5.00. The minimum Gasteiger partial charge on any atom is -0.484 e. The Balaban J connectivity index is 1.31. The quantitative estimate of drug-likeness (QED) is 0.207. The number of benzene rings is 3. The van der Waals surface area contributed by atoms with E-state index in [-0.39, 0.29) is 24.0 Å². The van der Waals surface area contributed by atoms with E-state index in [4.69, 9.17) is 4.74 Å². The third-order valence-corrected chi connectivity index (χ3v) is 7.99. The summed E-state index contributed by atoms with van der Waals surface area (Å²) in [5.41, 5.74) is 4.10. The lowest BCUT2D eigenvalue weighted by Crippen LogP contribution is -2.36. The molecule has 4 amide bonds. The van der Waals surface area contributed by atoms with Gasteiger partial charge in [0.25, 0.3) is 17.1 Å². The lowest BCUT2D eigenvalue weighted by atomic mass is 10.1. The molecule has 3 aromatic rings. The Morgan fingerprint density at radius 1 is 0.974 bits per heavy atom. The SMILES string of the molecule is Cc1cc(Br)c(NC(=O)COc2ccc(/C=C3/SC(=O)N(CC(=O)Nc4ccc(I)cc4)C3=O)cc2)cc1C. The molecule has 11 heteroatoms. The number of halogens is 2. The van der Waals surface area contributed by atoms with Crippen molar-refractivity contribution in [3.05, 3.63) is 90.3 Å². The Morgan fingerprint density at radius 2 is 1.64 bits per heavy atom. The highest BCUT2D eigenvalue weighted by Crippen LogP contribution is 2.32. The number of aryl methyl sites for hydroxylation is 2. The van der Waals surface area contributed by atoms with Gasteiger partial charge in [-0.05, 0) is 135 Å². The molecule has 0 saturated carbocycles. The summed E-state index contributed by atoms with van der Waals surface area (Å²) in [6, 6.07) is 17.8. The van der Waals surface area contributed by atoms with E-state index < -0.39 is 17.1 Å². The van der Waals surface area contributed by atoms with Gasteiger partial charge in [0.05, 0.1) is 10.6 Å². The second kappa shape index (κ2) is 12.8. The molecule has 0 atom stereocenters. The van der Waals surface area contributed by atoms with Crippen molar-refractivity contribution in [3.63, 3.8) is 0 Å². The molecule has 200 valence electrons. The number of thioether (sulfide) groups is 1. The minimum absolute atomic E-state index is 0.179. The Kier molecular flexibility index (Phi) is 9.46. The molecular formula is C28H23BrIN3O5S. The van der Waals surface area contributed by atoms with E-state index in [1.807, 2.05) is 38.1 Å². The molecule has 1 aliphatic heterocycles. The van der Waals surface area contributed by atoms with E-state index >= 15 is 0 Å². The summed E-state index contributed by atoms with van der Waals surface area (Å²) >= 11 is 6.39. The lowest BCUT2D eigenvalue weighted by molar-refractivity contribution is -0.127. The molecule has 0 aromatic heterocycles. The number of amides is 4. The zero-order valence-electron chi connectivity index (χ0n) is 20.9. The Labute approximate surface area is 251 Å². The minimum atomic E-state index is -0.530. The number of nitrogens with zero attached hydrogens (tertiary/aromatic N) is 1. The van der Waals surface area contributed by atoms with Crippen molar-refractivity contribution in [2.75, 3.05) is 23.8 Å². The van der Waals surface area contributed by atoms with Gasteiger partial charge in [-0.15, -0.1) is 0 Å². The van der Waals surface area contributed by atoms with Crippen LogP contribution in [0, 0.1) is 17.4 Å². The summed E-state index contributed by atoms with van der Waals surface area (Å²) in [6.07, 6.45) is 1.58. The standard InChI is InChI=1S/C28H23BrIN3O5S/c1-16-11-22(29)23(12-17(16)2)32-26(35)15-38-21-9-3-18(4-10-21)13-24-27(36)33(28(37)39-24)14-25(34)31-20-7-5-19(30)6-8-20/h3-13H,14-15H2,1-2H3,(H,31,34)(H,32,35)/b24-13+. The number of ether oxygens (including phenoxy) is 1. The molecular weight excluding hydrogens is 697 g/mol. The third kappa shape index (κ3) is 7.70. The van der Waals surface area contributed by atoms with Crippen molar-refractivity contribution < 1.29 is 23.9 Å². The second-order valence-electron chi connectivity index (χ2n) is 8.65. The molecule has 1 aliphatic rings. The van der Waals surface area contributed by atoms with Crippen LogP contribution in [0.25, 0.3) is 6.08 Å². The molecule has 1 saturated heterocycles. The summed E-state index contributed by atoms with van der Waals surface area (Å²) in [7, 11) is 0. The van der Waals surface area contributed by atoms with Gasteiger partial charge < -0.3 is 15.4 Å². The molecule has 3 aromatic carbocycles. The van der Waals surface area contributed by atoms with Crippen LogP contribution in [-0.4, -0.2) is 41.0 Å². The number of hydrogen-bond acceptors (Lipinski definition) is 6. The van der Waals surface area contributed by atoms with Crippen molar-refractivity contribution >= 4 is 90.7 Å². The van der Waals surface area contributed by atoms with Gasteiger partial charge in [0.2, 0.25) is 5.91 Å². The Hall–Kier alpha value is -3.16. The first-order chi connectivity index (χ1) is 18.6. The molecule has 0 radical (unpaired) electrons. The van der Waals surface area contributed by atoms with Crippen molar-refractivity contribution in [1.29, 1.82) is 0 Å². The van der Waals surface area contributed by atoms with Crippen molar-refractivity contribution in [2.24, 2.45) is 0 Å². The van der Waals surface area contributed by atoms with E-state index in [0.29, 0.717) is 22.7 Å².